The van der Waals surface area contributed by atoms with Gasteiger partial charge in [0.05, 0.1) is 23.7 Å². The van der Waals surface area contributed by atoms with Crippen LogP contribution in [0.3, 0.4) is 0 Å². The van der Waals surface area contributed by atoms with Gasteiger partial charge in [0.25, 0.3) is 0 Å². The van der Waals surface area contributed by atoms with E-state index in [0.29, 0.717) is 36.4 Å². The van der Waals surface area contributed by atoms with Crippen LogP contribution in [0.4, 0.5) is 0 Å². The zero-order chi connectivity index (χ0) is 23.3. The summed E-state index contributed by atoms with van der Waals surface area (Å²) in [6.07, 6.45) is 10.5. The molecule has 1 N–H and O–H groups in total. The first-order valence-electron chi connectivity index (χ1n) is 12.7. The monoisotopic (exact) mass is 452 g/mol. The molecule has 3 saturated carbocycles. The van der Waals surface area contributed by atoms with Gasteiger partial charge in [0.1, 0.15) is 11.7 Å². The van der Waals surface area contributed by atoms with Gasteiger partial charge in [-0.25, -0.2) is 4.79 Å². The van der Waals surface area contributed by atoms with Crippen LogP contribution in [0.15, 0.2) is 36.0 Å². The first-order chi connectivity index (χ1) is 15.6. The van der Waals surface area contributed by atoms with Gasteiger partial charge >= 0.3 is 5.97 Å². The average molecular weight is 453 g/mol. The maximum Gasteiger partial charge on any atom is 0.336 e. The summed E-state index contributed by atoms with van der Waals surface area (Å²) in [4.78, 5) is 25.6. The maximum absolute atomic E-state index is 13.1. The molecule has 2 saturated heterocycles. The Balaban J connectivity index is 1.30. The minimum atomic E-state index is -0.604. The van der Waals surface area contributed by atoms with Gasteiger partial charge in [-0.15, -0.1) is 0 Å². The summed E-state index contributed by atoms with van der Waals surface area (Å²) in [5, 5.41) is 11.1. The van der Waals surface area contributed by atoms with Crippen LogP contribution in [0.25, 0.3) is 0 Å². The molecule has 178 valence electrons. The fraction of sp³-hybridized carbons (Fsp3) is 0.714. The Labute approximate surface area is 196 Å². The Bertz CT molecular complexity index is 994. The molecule has 0 radical (unpaired) electrons. The Hall–Kier alpha value is -1.72. The molecule has 6 aliphatic rings. The van der Waals surface area contributed by atoms with Crippen LogP contribution in [-0.4, -0.2) is 41.3 Å². The Morgan fingerprint density at radius 1 is 1.06 bits per heavy atom. The Kier molecular flexibility index (Phi) is 4.56. The third-order valence-electron chi connectivity index (χ3n) is 11.1. The smallest absolute Gasteiger partial charge is 0.336 e. The molecule has 5 fully saturated rings. The number of esters is 1. The van der Waals surface area contributed by atoms with Gasteiger partial charge in [-0.1, -0.05) is 25.7 Å². The highest BCUT2D eigenvalue weighted by Crippen LogP contribution is 2.67. The van der Waals surface area contributed by atoms with Gasteiger partial charge in [0.2, 0.25) is 0 Å². The lowest BCUT2D eigenvalue weighted by atomic mass is 9.46. The van der Waals surface area contributed by atoms with E-state index in [1.165, 1.54) is 0 Å². The van der Waals surface area contributed by atoms with Crippen LogP contribution >= 0.6 is 0 Å². The van der Waals surface area contributed by atoms with Gasteiger partial charge in [0.15, 0.2) is 5.78 Å². The van der Waals surface area contributed by atoms with Crippen LogP contribution in [0.2, 0.25) is 0 Å². The van der Waals surface area contributed by atoms with E-state index in [4.69, 9.17) is 9.47 Å². The predicted molar refractivity (Wildman–Crippen MR) is 123 cm³/mol. The van der Waals surface area contributed by atoms with Crippen LogP contribution in [0.5, 0.6) is 0 Å². The topological polar surface area (TPSA) is 72.8 Å². The lowest BCUT2D eigenvalue weighted by Gasteiger charge is -2.59. The third-order valence-corrected chi connectivity index (χ3v) is 11.1. The molecule has 0 aromatic heterocycles. The number of fused-ring (bicyclic) bond motifs is 7. The van der Waals surface area contributed by atoms with Crippen molar-refractivity contribution >= 4 is 11.8 Å². The fourth-order valence-electron chi connectivity index (χ4n) is 9.16. The first kappa shape index (κ1) is 21.8. The normalized spacial score (nSPS) is 53.0. The van der Waals surface area contributed by atoms with Crippen molar-refractivity contribution in [3.8, 4) is 0 Å². The zero-order valence-corrected chi connectivity index (χ0v) is 20.0. The lowest BCUT2D eigenvalue weighted by Crippen LogP contribution is -2.58. The number of aliphatic hydroxyl groups excluding tert-OH is 1. The van der Waals surface area contributed by atoms with Crippen molar-refractivity contribution in [2.45, 2.75) is 77.1 Å². The molecule has 2 bridgehead atoms. The molecule has 5 heteroatoms. The van der Waals surface area contributed by atoms with Crippen molar-refractivity contribution in [1.82, 2.24) is 0 Å². The number of hydrogen-bond acceptors (Lipinski definition) is 5. The molecule has 2 heterocycles. The van der Waals surface area contributed by atoms with Gasteiger partial charge < -0.3 is 14.6 Å². The summed E-state index contributed by atoms with van der Waals surface area (Å²) < 4.78 is 12.2. The standard InChI is InChI=1S/C28H36O5/c1-15-25(31)33-23-13-27(15,3)32-14-17(23)19-9-8-18-16-12-22(29)21-6-5-7-24(30)28(21,4)20(16)10-11-26(18,19)2/h5-7,16-20,22-23,29H,1,8-14H2,2-4H3/t16?,17-,18?,19?,20?,22+,23+,26-,27+,28+/m0/s1. The van der Waals surface area contributed by atoms with Crippen molar-refractivity contribution in [1.29, 1.82) is 0 Å². The molecule has 4 unspecified atom stereocenters. The molecule has 33 heavy (non-hydrogen) atoms. The minimum absolute atomic E-state index is 0.106. The molecule has 2 aliphatic heterocycles. The first-order valence-corrected chi connectivity index (χ1v) is 12.7. The largest absolute Gasteiger partial charge is 0.458 e. The minimum Gasteiger partial charge on any atom is -0.458 e. The highest BCUT2D eigenvalue weighted by Gasteiger charge is 2.64. The van der Waals surface area contributed by atoms with E-state index in [0.717, 1.165) is 37.7 Å². The average Bonchev–Trinajstić information content (AvgIpc) is 3.11. The molecule has 0 aromatic carbocycles. The molecular weight excluding hydrogens is 416 g/mol. The van der Waals surface area contributed by atoms with Crippen molar-refractivity contribution in [2.75, 3.05) is 6.61 Å². The molecule has 10 atom stereocenters. The summed E-state index contributed by atoms with van der Waals surface area (Å²) in [6, 6.07) is 0. The number of hydrogen-bond donors (Lipinski definition) is 1. The predicted octanol–water partition coefficient (Wildman–Crippen LogP) is 4.16. The number of carbonyl (C=O) groups is 2. The van der Waals surface area contributed by atoms with Crippen LogP contribution in [-0.2, 0) is 19.1 Å². The van der Waals surface area contributed by atoms with Gasteiger partial charge in [-0.05, 0) is 86.7 Å². The van der Waals surface area contributed by atoms with Gasteiger partial charge in [0, 0.05) is 12.3 Å². The Morgan fingerprint density at radius 2 is 1.79 bits per heavy atom. The van der Waals surface area contributed by atoms with E-state index in [-0.39, 0.29) is 35.1 Å². The Morgan fingerprint density at radius 3 is 2.55 bits per heavy atom. The fourth-order valence-corrected chi connectivity index (χ4v) is 9.16. The van der Waals surface area contributed by atoms with E-state index in [1.54, 1.807) is 12.2 Å². The second-order valence-electron chi connectivity index (χ2n) is 12.2. The molecule has 5 nitrogen and oxygen atoms in total. The third kappa shape index (κ3) is 2.72. The van der Waals surface area contributed by atoms with Crippen LogP contribution in [0, 0.1) is 40.4 Å². The summed E-state index contributed by atoms with van der Waals surface area (Å²) in [5.74, 6) is 1.54. The quantitative estimate of drug-likeness (QED) is 0.478. The molecule has 6 rings (SSSR count). The summed E-state index contributed by atoms with van der Waals surface area (Å²) >= 11 is 0. The lowest BCUT2D eigenvalue weighted by molar-refractivity contribution is -0.201. The summed E-state index contributed by atoms with van der Waals surface area (Å²) in [6.45, 7) is 11.0. The van der Waals surface area contributed by atoms with E-state index in [1.807, 2.05) is 13.0 Å². The SMILES string of the molecule is C=C1C(=O)O[C@@H]2C[C@@]1(C)OC[C@H]2C1CCC2C3C[C@@H](O)C4=CC=CC(=O)[C@]4(C)C3CC[C@@]21C. The number of allylic oxidation sites excluding steroid dienone is 3. The van der Waals surface area contributed by atoms with Crippen LogP contribution in [0.1, 0.15) is 59.3 Å². The molecule has 0 aromatic rings. The molecular formula is C28H36O5. The van der Waals surface area contributed by atoms with Gasteiger partial charge in [-0.3, -0.25) is 4.79 Å². The number of aliphatic hydroxyl groups is 1. The number of ether oxygens (including phenoxy) is 2. The van der Waals surface area contributed by atoms with Crippen molar-refractivity contribution < 1.29 is 24.2 Å². The second-order valence-corrected chi connectivity index (χ2v) is 12.2. The van der Waals surface area contributed by atoms with Gasteiger partial charge in [-0.2, -0.15) is 0 Å². The summed E-state index contributed by atoms with van der Waals surface area (Å²) in [5.41, 5.74) is 0.281. The highest BCUT2D eigenvalue weighted by atomic mass is 16.6. The maximum atomic E-state index is 13.1. The van der Waals surface area contributed by atoms with E-state index >= 15 is 0 Å². The number of ketones is 1. The van der Waals surface area contributed by atoms with E-state index < -0.39 is 17.1 Å². The second kappa shape index (κ2) is 6.91. The summed E-state index contributed by atoms with van der Waals surface area (Å²) in [7, 11) is 0. The number of carbonyl (C=O) groups excluding carboxylic acids is 2. The molecule has 0 amide bonds. The van der Waals surface area contributed by atoms with Crippen molar-refractivity contribution in [3.63, 3.8) is 0 Å². The molecule has 4 aliphatic carbocycles. The highest BCUT2D eigenvalue weighted by molar-refractivity contribution is 5.99. The molecule has 0 spiro atoms. The van der Waals surface area contributed by atoms with Crippen molar-refractivity contribution in [3.05, 3.63) is 36.0 Å². The van der Waals surface area contributed by atoms with Crippen LogP contribution < -0.4 is 0 Å². The number of rotatable bonds is 1. The van der Waals surface area contributed by atoms with E-state index in [2.05, 4.69) is 20.4 Å². The van der Waals surface area contributed by atoms with E-state index in [9.17, 15) is 14.7 Å². The zero-order valence-electron chi connectivity index (χ0n) is 20.0. The van der Waals surface area contributed by atoms with Crippen molar-refractivity contribution in [2.24, 2.45) is 40.4 Å².